The number of hydrogen-bond acceptors (Lipinski definition) is 4. The number of methoxy groups -OCH3 is 1. The van der Waals surface area contributed by atoms with Crippen LogP contribution in [0.15, 0.2) is 18.3 Å². The molecule has 0 saturated carbocycles. The smallest absolute Gasteiger partial charge is 0.213 e. The first-order chi connectivity index (χ1) is 7.36. The fourth-order valence-electron chi connectivity index (χ4n) is 1.14. The van der Waals surface area contributed by atoms with Gasteiger partial charge in [0.25, 0.3) is 0 Å². The van der Waals surface area contributed by atoms with E-state index < -0.39 is 0 Å². The normalized spacial score (nSPS) is 10.3. The summed E-state index contributed by atoms with van der Waals surface area (Å²) in [7, 11) is 1.65. The number of hydrogen-bond donors (Lipinski definition) is 1. The predicted molar refractivity (Wildman–Crippen MR) is 59.0 cm³/mol. The molecule has 0 amide bonds. The Morgan fingerprint density at radius 2 is 2.27 bits per heavy atom. The highest BCUT2D eigenvalue weighted by atomic mass is 16.5. The number of nitrogens with one attached hydrogen (secondary N) is 1. The fraction of sp³-hybridized carbons (Fsp3) is 0.545. The van der Waals surface area contributed by atoms with Crippen LogP contribution in [0.4, 0.5) is 0 Å². The van der Waals surface area contributed by atoms with Crippen LogP contribution in [0.1, 0.15) is 12.5 Å². The summed E-state index contributed by atoms with van der Waals surface area (Å²) in [5, 5.41) is 3.25. The third-order valence-electron chi connectivity index (χ3n) is 1.92. The molecule has 15 heavy (non-hydrogen) atoms. The minimum atomic E-state index is 0.536. The van der Waals surface area contributed by atoms with E-state index in [1.165, 1.54) is 5.56 Å². The molecule has 0 bridgehead atoms. The van der Waals surface area contributed by atoms with Crippen molar-refractivity contribution >= 4 is 0 Å². The van der Waals surface area contributed by atoms with Crippen LogP contribution in [-0.2, 0) is 11.3 Å². The molecule has 0 spiro atoms. The van der Waals surface area contributed by atoms with Crippen LogP contribution in [0, 0.1) is 0 Å². The summed E-state index contributed by atoms with van der Waals surface area (Å²) >= 11 is 0. The Hall–Kier alpha value is -1.13. The first kappa shape index (κ1) is 11.9. The lowest BCUT2D eigenvalue weighted by molar-refractivity contribution is 0.143. The average Bonchev–Trinajstić information content (AvgIpc) is 2.27. The van der Waals surface area contributed by atoms with Crippen molar-refractivity contribution in [2.24, 2.45) is 0 Å². The number of aromatic nitrogens is 1. The maximum Gasteiger partial charge on any atom is 0.213 e. The lowest BCUT2D eigenvalue weighted by Gasteiger charge is -2.06. The molecule has 0 radical (unpaired) electrons. The second-order valence-corrected chi connectivity index (χ2v) is 3.12. The van der Waals surface area contributed by atoms with Crippen molar-refractivity contribution in [3.8, 4) is 5.88 Å². The molecule has 0 atom stereocenters. The monoisotopic (exact) mass is 210 g/mol. The van der Waals surface area contributed by atoms with Gasteiger partial charge in [-0.05, 0) is 18.2 Å². The lowest BCUT2D eigenvalue weighted by atomic mass is 10.2. The minimum absolute atomic E-state index is 0.536. The Balaban J connectivity index is 2.42. The third kappa shape index (κ3) is 4.76. The maximum absolute atomic E-state index is 5.40. The fourth-order valence-corrected chi connectivity index (χ4v) is 1.14. The van der Waals surface area contributed by atoms with E-state index in [0.717, 1.165) is 13.1 Å². The summed E-state index contributed by atoms with van der Waals surface area (Å²) in [5.41, 5.74) is 1.18. The van der Waals surface area contributed by atoms with Crippen molar-refractivity contribution in [2.75, 3.05) is 26.9 Å². The molecule has 0 aliphatic rings. The molecule has 0 aliphatic carbocycles. The number of ether oxygens (including phenoxy) is 2. The van der Waals surface area contributed by atoms with Crippen molar-refractivity contribution in [3.63, 3.8) is 0 Å². The van der Waals surface area contributed by atoms with Gasteiger partial charge in [-0.15, -0.1) is 0 Å². The Labute approximate surface area is 90.6 Å². The largest absolute Gasteiger partial charge is 0.475 e. The van der Waals surface area contributed by atoms with Crippen LogP contribution in [0.3, 0.4) is 0 Å². The van der Waals surface area contributed by atoms with Gasteiger partial charge < -0.3 is 14.8 Å². The van der Waals surface area contributed by atoms with Gasteiger partial charge in [0.15, 0.2) is 0 Å². The molecular weight excluding hydrogens is 192 g/mol. The van der Waals surface area contributed by atoms with Crippen LogP contribution in [0.25, 0.3) is 0 Å². The molecule has 0 unspecified atom stereocenters. The van der Waals surface area contributed by atoms with Crippen LogP contribution < -0.4 is 10.1 Å². The van der Waals surface area contributed by atoms with Crippen molar-refractivity contribution in [1.82, 2.24) is 10.3 Å². The van der Waals surface area contributed by atoms with Crippen molar-refractivity contribution in [3.05, 3.63) is 23.9 Å². The van der Waals surface area contributed by atoms with Gasteiger partial charge in [-0.1, -0.05) is 6.92 Å². The standard InChI is InChI=1S/C11H18N2O2/c1-3-12-9-10-4-5-13-11(8-10)15-7-6-14-2/h4-5,8,12H,3,6-7,9H2,1-2H3. The van der Waals surface area contributed by atoms with Gasteiger partial charge >= 0.3 is 0 Å². The second-order valence-electron chi connectivity index (χ2n) is 3.12. The van der Waals surface area contributed by atoms with Crippen molar-refractivity contribution < 1.29 is 9.47 Å². The van der Waals surface area contributed by atoms with Crippen LogP contribution in [-0.4, -0.2) is 31.9 Å². The van der Waals surface area contributed by atoms with Crippen LogP contribution in [0.5, 0.6) is 5.88 Å². The first-order valence-corrected chi connectivity index (χ1v) is 5.14. The first-order valence-electron chi connectivity index (χ1n) is 5.14. The molecular formula is C11H18N2O2. The highest BCUT2D eigenvalue weighted by Gasteiger charge is 1.97. The van der Waals surface area contributed by atoms with E-state index in [9.17, 15) is 0 Å². The van der Waals surface area contributed by atoms with Crippen LogP contribution in [0.2, 0.25) is 0 Å². The molecule has 1 aromatic rings. The number of rotatable bonds is 7. The van der Waals surface area contributed by atoms with E-state index in [1.54, 1.807) is 13.3 Å². The summed E-state index contributed by atoms with van der Waals surface area (Å²) in [4.78, 5) is 4.11. The summed E-state index contributed by atoms with van der Waals surface area (Å²) in [6, 6.07) is 3.92. The molecule has 4 nitrogen and oxygen atoms in total. The molecule has 0 aromatic carbocycles. The summed E-state index contributed by atoms with van der Waals surface area (Å²) in [5.74, 6) is 0.655. The molecule has 1 rings (SSSR count). The van der Waals surface area contributed by atoms with E-state index in [4.69, 9.17) is 9.47 Å². The van der Waals surface area contributed by atoms with Gasteiger partial charge in [0.05, 0.1) is 6.61 Å². The maximum atomic E-state index is 5.40. The zero-order valence-electron chi connectivity index (χ0n) is 9.32. The van der Waals surface area contributed by atoms with E-state index in [2.05, 4.69) is 17.2 Å². The van der Waals surface area contributed by atoms with Crippen molar-refractivity contribution in [1.29, 1.82) is 0 Å². The Morgan fingerprint density at radius 1 is 1.40 bits per heavy atom. The molecule has 0 fully saturated rings. The summed E-state index contributed by atoms with van der Waals surface area (Å²) in [6.07, 6.45) is 1.76. The summed E-state index contributed by atoms with van der Waals surface area (Å²) in [6.45, 7) is 5.01. The van der Waals surface area contributed by atoms with Gasteiger partial charge in [-0.2, -0.15) is 0 Å². The van der Waals surface area contributed by atoms with Gasteiger partial charge in [0.2, 0.25) is 5.88 Å². The molecule has 1 aromatic heterocycles. The number of nitrogens with zero attached hydrogens (tertiary/aromatic N) is 1. The highest BCUT2D eigenvalue weighted by Crippen LogP contribution is 2.08. The van der Waals surface area contributed by atoms with Gasteiger partial charge in [-0.25, -0.2) is 4.98 Å². The van der Waals surface area contributed by atoms with E-state index in [0.29, 0.717) is 19.1 Å². The lowest BCUT2D eigenvalue weighted by Crippen LogP contribution is -2.12. The molecule has 84 valence electrons. The Bertz CT molecular complexity index is 279. The topological polar surface area (TPSA) is 43.4 Å². The third-order valence-corrected chi connectivity index (χ3v) is 1.92. The zero-order chi connectivity index (χ0) is 10.9. The SMILES string of the molecule is CCNCc1ccnc(OCCOC)c1. The minimum Gasteiger partial charge on any atom is -0.475 e. The molecule has 0 aliphatic heterocycles. The molecule has 1 N–H and O–H groups in total. The molecule has 4 heteroatoms. The van der Waals surface area contributed by atoms with Gasteiger partial charge in [0.1, 0.15) is 6.61 Å². The van der Waals surface area contributed by atoms with Gasteiger partial charge in [-0.3, -0.25) is 0 Å². The number of pyridine rings is 1. The van der Waals surface area contributed by atoms with E-state index in [1.807, 2.05) is 12.1 Å². The second kappa shape index (κ2) is 7.20. The van der Waals surface area contributed by atoms with Crippen LogP contribution >= 0.6 is 0 Å². The Kier molecular flexibility index (Phi) is 5.73. The average molecular weight is 210 g/mol. The van der Waals surface area contributed by atoms with Gasteiger partial charge in [0, 0.05) is 25.9 Å². The zero-order valence-corrected chi connectivity index (χ0v) is 9.32. The quantitative estimate of drug-likeness (QED) is 0.687. The molecule has 1 heterocycles. The Morgan fingerprint density at radius 3 is 3.00 bits per heavy atom. The van der Waals surface area contributed by atoms with Crippen molar-refractivity contribution in [2.45, 2.75) is 13.5 Å². The summed E-state index contributed by atoms with van der Waals surface area (Å²) < 4.78 is 10.3. The van der Waals surface area contributed by atoms with E-state index >= 15 is 0 Å². The molecule has 0 saturated heterocycles. The van der Waals surface area contributed by atoms with E-state index in [-0.39, 0.29) is 0 Å². The predicted octanol–water partition coefficient (Wildman–Crippen LogP) is 1.22. The highest BCUT2D eigenvalue weighted by molar-refractivity contribution is 5.20.